The molecule has 1 aromatic carbocycles. The fraction of sp³-hybridized carbons (Fsp3) is 0.368. The molecule has 0 bridgehead atoms. The van der Waals surface area contributed by atoms with Crippen molar-refractivity contribution in [2.45, 2.75) is 39.3 Å². The van der Waals surface area contributed by atoms with Crippen LogP contribution in [-0.4, -0.2) is 38.7 Å². The molecule has 4 rings (SSSR count). The number of hydrogen-bond acceptors (Lipinski definition) is 5. The summed E-state index contributed by atoms with van der Waals surface area (Å²) in [5, 5.41) is 11.2. The molecule has 0 radical (unpaired) electrons. The van der Waals surface area contributed by atoms with Gasteiger partial charge in [-0.1, -0.05) is 12.1 Å². The first kappa shape index (κ1) is 16.5. The van der Waals surface area contributed by atoms with Crippen LogP contribution < -0.4 is 10.2 Å². The minimum Gasteiger partial charge on any atom is -0.350 e. The molecule has 1 atom stereocenters. The summed E-state index contributed by atoms with van der Waals surface area (Å²) in [4.78, 5) is 23.8. The van der Waals surface area contributed by atoms with Crippen molar-refractivity contribution in [3.63, 3.8) is 0 Å². The van der Waals surface area contributed by atoms with Gasteiger partial charge >= 0.3 is 0 Å². The Kier molecular flexibility index (Phi) is 4.28. The van der Waals surface area contributed by atoms with Crippen LogP contribution >= 0.6 is 0 Å². The van der Waals surface area contributed by atoms with Crippen LogP contribution in [0.5, 0.6) is 0 Å². The number of nitrogens with zero attached hydrogens (tertiary/aromatic N) is 4. The van der Waals surface area contributed by atoms with Crippen molar-refractivity contribution in [3.8, 4) is 0 Å². The van der Waals surface area contributed by atoms with E-state index in [1.807, 2.05) is 38.1 Å². The molecule has 1 amide bonds. The Morgan fingerprint density at radius 1 is 1.31 bits per heavy atom. The molecule has 1 unspecified atom stereocenters. The number of benzene rings is 1. The Bertz CT molecular complexity index is 925. The summed E-state index contributed by atoms with van der Waals surface area (Å²) in [6.45, 7) is 5.22. The van der Waals surface area contributed by atoms with Crippen molar-refractivity contribution in [2.24, 2.45) is 0 Å². The van der Waals surface area contributed by atoms with E-state index in [2.05, 4.69) is 30.4 Å². The van der Waals surface area contributed by atoms with Crippen molar-refractivity contribution in [2.75, 3.05) is 11.4 Å². The van der Waals surface area contributed by atoms with Crippen LogP contribution in [0, 0.1) is 13.8 Å². The number of fused-ring (bicyclic) bond motifs is 1. The van der Waals surface area contributed by atoms with Crippen LogP contribution in [0.15, 0.2) is 30.6 Å². The molecule has 3 heterocycles. The molecule has 7 nitrogen and oxygen atoms in total. The minimum absolute atomic E-state index is 0.0326. The van der Waals surface area contributed by atoms with Gasteiger partial charge in [0.05, 0.1) is 11.2 Å². The van der Waals surface area contributed by atoms with Gasteiger partial charge in [-0.25, -0.2) is 9.97 Å². The van der Waals surface area contributed by atoms with Crippen molar-refractivity contribution >= 4 is 22.6 Å². The third-order valence-corrected chi connectivity index (χ3v) is 5.07. The fourth-order valence-electron chi connectivity index (χ4n) is 3.64. The van der Waals surface area contributed by atoms with E-state index in [0.717, 1.165) is 53.1 Å². The third-order valence-electron chi connectivity index (χ3n) is 5.07. The van der Waals surface area contributed by atoms with E-state index in [4.69, 9.17) is 0 Å². The van der Waals surface area contributed by atoms with Gasteiger partial charge in [0.25, 0.3) is 0 Å². The van der Waals surface area contributed by atoms with Crippen molar-refractivity contribution in [1.82, 2.24) is 25.5 Å². The number of carbonyl (C=O) groups is 1. The summed E-state index contributed by atoms with van der Waals surface area (Å²) >= 11 is 0. The van der Waals surface area contributed by atoms with Gasteiger partial charge in [-0.15, -0.1) is 0 Å². The molecule has 1 aliphatic heterocycles. The van der Waals surface area contributed by atoms with E-state index in [0.29, 0.717) is 6.54 Å². The lowest BCUT2D eigenvalue weighted by Gasteiger charge is -2.25. The largest absolute Gasteiger partial charge is 0.350 e. The van der Waals surface area contributed by atoms with E-state index < -0.39 is 0 Å². The molecule has 2 aromatic heterocycles. The minimum atomic E-state index is -0.208. The molecule has 1 fully saturated rings. The normalized spacial score (nSPS) is 17.0. The predicted octanol–water partition coefficient (Wildman–Crippen LogP) is 2.25. The number of carbonyl (C=O) groups excluding carboxylic acids is 1. The first-order valence-electron chi connectivity index (χ1n) is 8.89. The number of amides is 1. The maximum Gasteiger partial charge on any atom is 0.243 e. The summed E-state index contributed by atoms with van der Waals surface area (Å²) in [5.41, 5.74) is 3.87. The van der Waals surface area contributed by atoms with Gasteiger partial charge in [-0.3, -0.25) is 9.89 Å². The van der Waals surface area contributed by atoms with Crippen LogP contribution in [0.4, 0.5) is 5.82 Å². The van der Waals surface area contributed by atoms with Gasteiger partial charge < -0.3 is 10.2 Å². The Morgan fingerprint density at radius 3 is 2.96 bits per heavy atom. The third kappa shape index (κ3) is 2.89. The van der Waals surface area contributed by atoms with Gasteiger partial charge in [0.1, 0.15) is 18.2 Å². The maximum atomic E-state index is 12.9. The highest BCUT2D eigenvalue weighted by atomic mass is 16.2. The molecule has 0 spiro atoms. The zero-order valence-corrected chi connectivity index (χ0v) is 15.0. The average molecular weight is 350 g/mol. The quantitative estimate of drug-likeness (QED) is 0.754. The van der Waals surface area contributed by atoms with E-state index in [9.17, 15) is 4.79 Å². The topological polar surface area (TPSA) is 86.8 Å². The van der Waals surface area contributed by atoms with Gasteiger partial charge in [-0.05, 0) is 38.8 Å². The smallest absolute Gasteiger partial charge is 0.243 e. The number of H-pyrrole nitrogens is 1. The molecule has 26 heavy (non-hydrogen) atoms. The van der Waals surface area contributed by atoms with Gasteiger partial charge in [0.2, 0.25) is 5.91 Å². The number of para-hydroxylation sites is 1. The van der Waals surface area contributed by atoms with Crippen LogP contribution in [0.25, 0.3) is 10.9 Å². The highest BCUT2D eigenvalue weighted by molar-refractivity contribution is 5.93. The summed E-state index contributed by atoms with van der Waals surface area (Å²) in [6, 6.07) is 7.71. The second-order valence-corrected chi connectivity index (χ2v) is 6.70. The Hall–Kier alpha value is -2.96. The van der Waals surface area contributed by atoms with Crippen LogP contribution in [0.1, 0.15) is 29.8 Å². The van der Waals surface area contributed by atoms with E-state index in [1.54, 1.807) is 6.33 Å². The molecule has 1 saturated heterocycles. The average Bonchev–Trinajstić information content (AvgIpc) is 3.27. The standard InChI is InChI=1S/C19H22N6O/c1-12-15(13(2)24-23-12)10-20-19(26)17-8-5-9-25(17)18-14-6-3-4-7-16(14)21-11-22-18/h3-4,6-7,11,17H,5,8-10H2,1-2H3,(H,20,26)(H,23,24). The Morgan fingerprint density at radius 2 is 2.15 bits per heavy atom. The van der Waals surface area contributed by atoms with Gasteiger partial charge in [0, 0.05) is 29.7 Å². The van der Waals surface area contributed by atoms with E-state index >= 15 is 0 Å². The summed E-state index contributed by atoms with van der Waals surface area (Å²) in [6.07, 6.45) is 3.37. The highest BCUT2D eigenvalue weighted by Gasteiger charge is 2.32. The molecule has 1 aliphatic rings. The van der Waals surface area contributed by atoms with Crippen LogP contribution in [0.2, 0.25) is 0 Å². The Balaban J connectivity index is 1.55. The summed E-state index contributed by atoms with van der Waals surface area (Å²) < 4.78 is 0. The molecular formula is C19H22N6O. The number of aromatic nitrogens is 4. The zero-order chi connectivity index (χ0) is 18.1. The van der Waals surface area contributed by atoms with Crippen molar-refractivity contribution < 1.29 is 4.79 Å². The molecule has 0 aliphatic carbocycles. The predicted molar refractivity (Wildman–Crippen MR) is 99.8 cm³/mol. The number of aryl methyl sites for hydroxylation is 2. The van der Waals surface area contributed by atoms with E-state index in [-0.39, 0.29) is 11.9 Å². The highest BCUT2D eigenvalue weighted by Crippen LogP contribution is 2.29. The number of hydrogen-bond donors (Lipinski definition) is 2. The number of anilines is 1. The molecule has 2 N–H and O–H groups in total. The Labute approximate surface area is 151 Å². The first-order valence-corrected chi connectivity index (χ1v) is 8.89. The van der Waals surface area contributed by atoms with E-state index in [1.165, 1.54) is 0 Å². The number of rotatable bonds is 4. The molecule has 3 aromatic rings. The molecule has 134 valence electrons. The van der Waals surface area contributed by atoms with Crippen LogP contribution in [0.3, 0.4) is 0 Å². The molecular weight excluding hydrogens is 328 g/mol. The summed E-state index contributed by atoms with van der Waals surface area (Å²) in [7, 11) is 0. The lowest BCUT2D eigenvalue weighted by atomic mass is 10.1. The first-order chi connectivity index (χ1) is 12.6. The zero-order valence-electron chi connectivity index (χ0n) is 15.0. The van der Waals surface area contributed by atoms with Crippen molar-refractivity contribution in [3.05, 3.63) is 47.5 Å². The number of nitrogens with one attached hydrogen (secondary N) is 2. The molecule has 0 saturated carbocycles. The second kappa shape index (κ2) is 6.74. The SMILES string of the molecule is Cc1n[nH]c(C)c1CNC(=O)C1CCCN1c1ncnc2ccccc12. The lowest BCUT2D eigenvalue weighted by molar-refractivity contribution is -0.122. The monoisotopic (exact) mass is 350 g/mol. The maximum absolute atomic E-state index is 12.9. The lowest BCUT2D eigenvalue weighted by Crippen LogP contribution is -2.43. The second-order valence-electron chi connectivity index (χ2n) is 6.70. The van der Waals surface area contributed by atoms with Crippen LogP contribution in [-0.2, 0) is 11.3 Å². The van der Waals surface area contributed by atoms with Crippen molar-refractivity contribution in [1.29, 1.82) is 0 Å². The summed E-state index contributed by atoms with van der Waals surface area (Å²) in [5.74, 6) is 0.870. The molecule has 7 heteroatoms. The van der Waals surface area contributed by atoms with Gasteiger partial charge in [-0.2, -0.15) is 5.10 Å². The van der Waals surface area contributed by atoms with Gasteiger partial charge in [0.15, 0.2) is 0 Å². The number of aromatic amines is 1. The fourth-order valence-corrected chi connectivity index (χ4v) is 3.64.